The molecule has 26 heavy (non-hydrogen) atoms. The maximum Gasteiger partial charge on any atom is 0.271 e. The maximum atomic E-state index is 11.8. The number of aliphatic imine (C=N–C) groups is 2. The number of hydrogen-bond acceptors (Lipinski definition) is 5. The summed E-state index contributed by atoms with van der Waals surface area (Å²) in [6.07, 6.45) is 2.97. The Bertz CT molecular complexity index is 961. The fourth-order valence-corrected chi connectivity index (χ4v) is 2.84. The van der Waals surface area contributed by atoms with E-state index in [4.69, 9.17) is 5.73 Å². The molecule has 6 nitrogen and oxygen atoms in total. The summed E-state index contributed by atoms with van der Waals surface area (Å²) < 4.78 is 2.65. The van der Waals surface area contributed by atoms with E-state index in [1.54, 1.807) is 13.1 Å². The molecule has 129 valence electrons. The first kappa shape index (κ1) is 20.2. The number of nitrogens with two attached hydrogens (primary N) is 1. The summed E-state index contributed by atoms with van der Waals surface area (Å²) in [5, 5.41) is 3.79. The van der Waals surface area contributed by atoms with E-state index in [1.807, 2.05) is 42.5 Å². The number of benzene rings is 2. The van der Waals surface area contributed by atoms with Crippen molar-refractivity contribution in [1.82, 2.24) is 4.37 Å². The van der Waals surface area contributed by atoms with E-state index in [2.05, 4.69) is 32.0 Å². The Morgan fingerprint density at radius 3 is 2.69 bits per heavy atom. The van der Waals surface area contributed by atoms with Crippen LogP contribution in [0.2, 0.25) is 0 Å². The first-order chi connectivity index (χ1) is 12.2. The van der Waals surface area contributed by atoms with E-state index in [9.17, 15) is 4.79 Å². The summed E-state index contributed by atoms with van der Waals surface area (Å²) in [4.78, 5) is 19.9. The summed E-state index contributed by atoms with van der Waals surface area (Å²) in [5.41, 5.74) is 8.25. The van der Waals surface area contributed by atoms with Gasteiger partial charge in [-0.25, -0.2) is 6.07 Å². The molecule has 0 atom stereocenters. The van der Waals surface area contributed by atoms with Gasteiger partial charge in [-0.15, -0.1) is 23.4 Å². The number of amidine groups is 1. The fourth-order valence-electron chi connectivity index (χ4n) is 2.07. The largest absolute Gasteiger partial charge is 0.383 e. The number of nitrogens with zero attached hydrogens (tertiary/aromatic N) is 2. The van der Waals surface area contributed by atoms with Crippen LogP contribution in [0, 0.1) is 6.07 Å². The minimum Gasteiger partial charge on any atom is -0.383 e. The van der Waals surface area contributed by atoms with Crippen molar-refractivity contribution >= 4 is 40.0 Å². The minimum atomic E-state index is -0.258. The van der Waals surface area contributed by atoms with Crippen LogP contribution < -0.4 is 16.6 Å². The van der Waals surface area contributed by atoms with Crippen molar-refractivity contribution in [3.8, 4) is 0 Å². The van der Waals surface area contributed by atoms with E-state index in [-0.39, 0.29) is 44.1 Å². The van der Waals surface area contributed by atoms with Crippen molar-refractivity contribution in [2.75, 3.05) is 12.4 Å². The van der Waals surface area contributed by atoms with Crippen molar-refractivity contribution in [3.63, 3.8) is 0 Å². The Hall–Kier alpha value is -2.09. The number of H-pyrrole nitrogens is 1. The van der Waals surface area contributed by atoms with Crippen molar-refractivity contribution < 1.29 is 32.7 Å². The van der Waals surface area contributed by atoms with Crippen molar-refractivity contribution in [1.29, 1.82) is 0 Å². The van der Waals surface area contributed by atoms with Crippen LogP contribution in [0.1, 0.15) is 11.1 Å². The first-order valence-electron chi connectivity index (χ1n) is 7.42. The number of aromatic nitrogens is 1. The topological polar surface area (TPSA) is 95.6 Å². The van der Waals surface area contributed by atoms with Crippen molar-refractivity contribution in [3.05, 3.63) is 76.1 Å². The van der Waals surface area contributed by atoms with Crippen molar-refractivity contribution in [2.24, 2.45) is 15.7 Å². The third-order valence-electron chi connectivity index (χ3n) is 3.34. The zero-order chi connectivity index (χ0) is 17.6. The number of aromatic amines is 1. The monoisotopic (exact) mass is 438 g/mol. The summed E-state index contributed by atoms with van der Waals surface area (Å²) in [6.45, 7) is 0. The molecule has 0 fully saturated rings. The van der Waals surface area contributed by atoms with Crippen LogP contribution in [0.4, 0.5) is 16.4 Å². The average Bonchev–Trinajstić information content (AvgIpc) is 3.01. The quantitative estimate of drug-likeness (QED) is 0.325. The smallest absolute Gasteiger partial charge is 0.271 e. The third kappa shape index (κ3) is 4.97. The second-order valence-electron chi connectivity index (χ2n) is 5.02. The number of nitrogens with one attached hydrogen (secondary N) is 2. The molecule has 1 heterocycles. The van der Waals surface area contributed by atoms with Gasteiger partial charge in [-0.2, -0.15) is 24.3 Å². The Labute approximate surface area is 180 Å². The molecule has 0 bridgehead atoms. The van der Waals surface area contributed by atoms with E-state index < -0.39 is 0 Å². The molecule has 4 N–H and O–H groups in total. The minimum absolute atomic E-state index is 0. The average molecular weight is 438 g/mol. The van der Waals surface area contributed by atoms with Gasteiger partial charge in [0, 0.05) is 45.4 Å². The van der Waals surface area contributed by atoms with Gasteiger partial charge in [0.15, 0.2) is 0 Å². The maximum absolute atomic E-state index is 11.8. The molecule has 0 aliphatic carbocycles. The zero-order valence-electron chi connectivity index (χ0n) is 14.0. The van der Waals surface area contributed by atoms with E-state index in [0.29, 0.717) is 10.6 Å². The summed E-state index contributed by atoms with van der Waals surface area (Å²) in [5.74, 6) is 0.196. The Balaban J connectivity index is 0.00000243. The van der Waals surface area contributed by atoms with Gasteiger partial charge in [0.1, 0.15) is 16.4 Å². The van der Waals surface area contributed by atoms with E-state index in [1.165, 1.54) is 11.5 Å². The molecule has 0 unspecified atom stereocenters. The second-order valence-corrected chi connectivity index (χ2v) is 5.84. The van der Waals surface area contributed by atoms with E-state index in [0.717, 1.165) is 16.9 Å². The molecule has 0 aliphatic rings. The molecule has 0 saturated carbocycles. The van der Waals surface area contributed by atoms with Crippen LogP contribution in [-0.2, 0) is 32.7 Å². The van der Waals surface area contributed by atoms with Gasteiger partial charge in [0.05, 0.1) is 0 Å². The SMILES string of the molecule is CN=C(N)c1c(Nc2ccc([C-]=Nc3[c-]cccc3)cc2)s[nH]c1=O.[Y]. The summed E-state index contributed by atoms with van der Waals surface area (Å²) >= 11 is 1.18. The van der Waals surface area contributed by atoms with Crippen LogP contribution in [0.3, 0.4) is 0 Å². The molecule has 3 rings (SSSR count). The molecule has 3 aromatic rings. The van der Waals surface area contributed by atoms with Crippen LogP contribution in [-0.4, -0.2) is 23.5 Å². The summed E-state index contributed by atoms with van der Waals surface area (Å²) in [6, 6.07) is 18.0. The van der Waals surface area contributed by atoms with Gasteiger partial charge >= 0.3 is 0 Å². The van der Waals surface area contributed by atoms with Gasteiger partial charge in [0.2, 0.25) is 0 Å². The molecular formula is C18H15N5OSY-2. The Kier molecular flexibility index (Phi) is 7.44. The van der Waals surface area contributed by atoms with Crippen LogP contribution in [0.5, 0.6) is 0 Å². The van der Waals surface area contributed by atoms with Crippen molar-refractivity contribution in [2.45, 2.75) is 0 Å². The summed E-state index contributed by atoms with van der Waals surface area (Å²) in [7, 11) is 1.55. The predicted octanol–water partition coefficient (Wildman–Crippen LogP) is 2.94. The first-order valence-corrected chi connectivity index (χ1v) is 8.23. The second kappa shape index (κ2) is 9.57. The molecule has 0 aliphatic heterocycles. The van der Waals surface area contributed by atoms with Gasteiger partial charge in [-0.05, 0) is 17.7 Å². The number of hydrogen-bond donors (Lipinski definition) is 3. The van der Waals surface area contributed by atoms with Crippen LogP contribution >= 0.6 is 11.5 Å². The fraction of sp³-hybridized carbons (Fsp3) is 0.0556. The Morgan fingerprint density at radius 1 is 1.27 bits per heavy atom. The third-order valence-corrected chi connectivity index (χ3v) is 4.14. The number of para-hydroxylation sites is 1. The molecular weight excluding hydrogens is 423 g/mol. The molecule has 2 aromatic carbocycles. The molecule has 0 amide bonds. The Morgan fingerprint density at radius 2 is 2.04 bits per heavy atom. The molecule has 0 spiro atoms. The molecule has 0 saturated heterocycles. The van der Waals surface area contributed by atoms with Crippen LogP contribution in [0.15, 0.2) is 63.3 Å². The number of anilines is 2. The normalized spacial score (nSPS) is 11.3. The molecule has 8 heteroatoms. The van der Waals surface area contributed by atoms with Gasteiger partial charge in [0.25, 0.3) is 5.56 Å². The zero-order valence-corrected chi connectivity index (χ0v) is 17.6. The predicted molar refractivity (Wildman–Crippen MR) is 103 cm³/mol. The standard InChI is InChI=1S/C18H15N5OS.Y/c1-20-16(19)15-17(24)23-25-18(15)22-14-9-7-12(8-10-14)11-21-13-5-3-2-4-6-13;/h2-5,7-10,22H,1H3,(H2,19,20)(H,23,24);/q-2;. The number of rotatable bonds is 5. The van der Waals surface area contributed by atoms with E-state index >= 15 is 0 Å². The van der Waals surface area contributed by atoms with Gasteiger partial charge in [-0.3, -0.25) is 14.2 Å². The molecule has 1 aromatic heterocycles. The molecule has 1 radical (unpaired) electrons. The van der Waals surface area contributed by atoms with Gasteiger partial charge < -0.3 is 16.0 Å². The van der Waals surface area contributed by atoms with Gasteiger partial charge in [-0.1, -0.05) is 12.1 Å². The van der Waals surface area contributed by atoms with Crippen LogP contribution in [0.25, 0.3) is 0 Å².